The highest BCUT2D eigenvalue weighted by atomic mass is 16.3. The van der Waals surface area contributed by atoms with Crippen LogP contribution in [0.2, 0.25) is 0 Å². The molecule has 0 saturated heterocycles. The monoisotopic (exact) mass is 256 g/mol. The number of hydrogen-bond donors (Lipinski definition) is 2. The summed E-state index contributed by atoms with van der Waals surface area (Å²) in [5.41, 5.74) is 2.32. The van der Waals surface area contributed by atoms with Gasteiger partial charge in [0.25, 0.3) is 0 Å². The molecule has 2 rings (SSSR count). The summed E-state index contributed by atoms with van der Waals surface area (Å²) in [5, 5.41) is 12.8. The smallest absolute Gasteiger partial charge is 0.0587 e. The molecule has 19 heavy (non-hydrogen) atoms. The molecule has 3 heteroatoms. The number of aliphatic hydroxyl groups excluding tert-OH is 1. The van der Waals surface area contributed by atoms with Gasteiger partial charge in [-0.2, -0.15) is 0 Å². The fraction of sp³-hybridized carbons (Fsp3) is 0.312. The Morgan fingerprint density at radius 3 is 2.53 bits per heavy atom. The van der Waals surface area contributed by atoms with Crippen LogP contribution in [0, 0.1) is 0 Å². The molecule has 3 nitrogen and oxygen atoms in total. The van der Waals surface area contributed by atoms with Crippen molar-refractivity contribution in [1.29, 1.82) is 0 Å². The van der Waals surface area contributed by atoms with Crippen LogP contribution in [0.1, 0.15) is 11.3 Å². The molecule has 1 aromatic heterocycles. The molecule has 0 amide bonds. The van der Waals surface area contributed by atoms with Crippen molar-refractivity contribution in [3.63, 3.8) is 0 Å². The Hall–Kier alpha value is -1.71. The summed E-state index contributed by atoms with van der Waals surface area (Å²) in [5.74, 6) is 0. The van der Waals surface area contributed by atoms with Crippen molar-refractivity contribution in [2.24, 2.45) is 0 Å². The topological polar surface area (TPSA) is 45.1 Å². The van der Waals surface area contributed by atoms with Crippen molar-refractivity contribution in [2.75, 3.05) is 13.2 Å². The number of hydrogen-bond acceptors (Lipinski definition) is 3. The van der Waals surface area contributed by atoms with E-state index in [9.17, 15) is 5.11 Å². The highest BCUT2D eigenvalue weighted by Crippen LogP contribution is 2.03. The van der Waals surface area contributed by atoms with E-state index in [0.29, 0.717) is 0 Å². The molecular formula is C16H20N2O. The van der Waals surface area contributed by atoms with Gasteiger partial charge in [-0.1, -0.05) is 36.4 Å². The minimum Gasteiger partial charge on any atom is -0.395 e. The van der Waals surface area contributed by atoms with Crippen molar-refractivity contribution in [1.82, 2.24) is 10.3 Å². The molecule has 100 valence electrons. The predicted molar refractivity (Wildman–Crippen MR) is 77.0 cm³/mol. The summed E-state index contributed by atoms with van der Waals surface area (Å²) >= 11 is 0. The Bertz CT molecular complexity index is 459. The van der Waals surface area contributed by atoms with Gasteiger partial charge in [-0.05, 0) is 24.1 Å². The van der Waals surface area contributed by atoms with Gasteiger partial charge in [0.2, 0.25) is 0 Å². The SMILES string of the molecule is OCC(Cc1ccccc1)NCCc1ccccn1. The predicted octanol–water partition coefficient (Wildman–Crippen LogP) is 1.82. The summed E-state index contributed by atoms with van der Waals surface area (Å²) in [6.45, 7) is 0.978. The summed E-state index contributed by atoms with van der Waals surface area (Å²) in [4.78, 5) is 4.28. The summed E-state index contributed by atoms with van der Waals surface area (Å²) in [6.07, 6.45) is 3.54. The second-order valence-electron chi connectivity index (χ2n) is 4.59. The first-order valence-corrected chi connectivity index (χ1v) is 6.66. The normalized spacial score (nSPS) is 12.3. The zero-order valence-corrected chi connectivity index (χ0v) is 11.0. The molecule has 0 saturated carbocycles. The van der Waals surface area contributed by atoms with Crippen LogP contribution >= 0.6 is 0 Å². The first-order valence-electron chi connectivity index (χ1n) is 6.66. The van der Waals surface area contributed by atoms with Gasteiger partial charge in [0, 0.05) is 30.9 Å². The molecule has 0 aliphatic heterocycles. The van der Waals surface area contributed by atoms with Gasteiger partial charge in [0.05, 0.1) is 6.61 Å². The van der Waals surface area contributed by atoms with Gasteiger partial charge in [-0.25, -0.2) is 0 Å². The third-order valence-corrected chi connectivity index (χ3v) is 3.09. The quantitative estimate of drug-likeness (QED) is 0.794. The molecule has 1 atom stereocenters. The van der Waals surface area contributed by atoms with E-state index in [0.717, 1.165) is 25.1 Å². The van der Waals surface area contributed by atoms with Gasteiger partial charge in [0.15, 0.2) is 0 Å². The van der Waals surface area contributed by atoms with E-state index in [1.165, 1.54) is 5.56 Å². The molecule has 0 aliphatic rings. The Morgan fingerprint density at radius 1 is 1.05 bits per heavy atom. The Labute approximate surface area is 114 Å². The Kier molecular flexibility index (Phi) is 5.53. The average molecular weight is 256 g/mol. The van der Waals surface area contributed by atoms with E-state index in [1.54, 1.807) is 0 Å². The second kappa shape index (κ2) is 7.67. The first-order chi connectivity index (χ1) is 9.38. The van der Waals surface area contributed by atoms with Gasteiger partial charge < -0.3 is 10.4 Å². The molecule has 2 N–H and O–H groups in total. The molecule has 1 aromatic carbocycles. The zero-order valence-electron chi connectivity index (χ0n) is 11.0. The summed E-state index contributed by atoms with van der Waals surface area (Å²) in [6, 6.07) is 16.3. The van der Waals surface area contributed by atoms with Crippen molar-refractivity contribution in [3.8, 4) is 0 Å². The van der Waals surface area contributed by atoms with E-state index in [-0.39, 0.29) is 12.6 Å². The third-order valence-electron chi connectivity index (χ3n) is 3.09. The standard InChI is InChI=1S/C16H20N2O/c19-13-16(12-14-6-2-1-3-7-14)18-11-9-15-8-4-5-10-17-15/h1-8,10,16,18-19H,9,11-13H2. The molecule has 0 fully saturated rings. The first kappa shape index (κ1) is 13.7. The molecule has 1 unspecified atom stereocenters. The Morgan fingerprint density at radius 2 is 1.84 bits per heavy atom. The van der Waals surface area contributed by atoms with Gasteiger partial charge in [-0.3, -0.25) is 4.98 Å². The lowest BCUT2D eigenvalue weighted by Gasteiger charge is -2.16. The number of aliphatic hydroxyl groups is 1. The zero-order chi connectivity index (χ0) is 13.3. The van der Waals surface area contributed by atoms with Crippen LogP contribution in [0.15, 0.2) is 54.7 Å². The third kappa shape index (κ3) is 4.81. The average Bonchev–Trinajstić information content (AvgIpc) is 2.48. The Balaban J connectivity index is 1.77. The summed E-state index contributed by atoms with van der Waals surface area (Å²) < 4.78 is 0. The van der Waals surface area contributed by atoms with Crippen LogP contribution in [0.25, 0.3) is 0 Å². The molecule has 0 bridgehead atoms. The van der Waals surface area contributed by atoms with Crippen molar-refractivity contribution < 1.29 is 5.11 Å². The number of rotatable bonds is 7. The van der Waals surface area contributed by atoms with E-state index in [2.05, 4.69) is 22.4 Å². The lowest BCUT2D eigenvalue weighted by Crippen LogP contribution is -2.35. The molecule has 1 heterocycles. The lowest BCUT2D eigenvalue weighted by molar-refractivity contribution is 0.242. The van der Waals surface area contributed by atoms with E-state index in [4.69, 9.17) is 0 Å². The number of pyridine rings is 1. The molecule has 0 radical (unpaired) electrons. The maximum atomic E-state index is 9.41. The highest BCUT2D eigenvalue weighted by molar-refractivity contribution is 5.16. The fourth-order valence-electron chi connectivity index (χ4n) is 2.05. The van der Waals surface area contributed by atoms with Crippen LogP contribution in [0.4, 0.5) is 0 Å². The second-order valence-corrected chi connectivity index (χ2v) is 4.59. The molecule has 0 spiro atoms. The fourth-order valence-corrected chi connectivity index (χ4v) is 2.05. The van der Waals surface area contributed by atoms with Crippen LogP contribution in [-0.2, 0) is 12.8 Å². The number of benzene rings is 1. The molecular weight excluding hydrogens is 236 g/mol. The number of aromatic nitrogens is 1. The van der Waals surface area contributed by atoms with Crippen molar-refractivity contribution in [3.05, 3.63) is 66.0 Å². The lowest BCUT2D eigenvalue weighted by atomic mass is 10.1. The number of nitrogens with zero attached hydrogens (tertiary/aromatic N) is 1. The molecule has 0 aliphatic carbocycles. The summed E-state index contributed by atoms with van der Waals surface area (Å²) in [7, 11) is 0. The maximum absolute atomic E-state index is 9.41. The minimum absolute atomic E-state index is 0.103. The van der Waals surface area contributed by atoms with Gasteiger partial charge >= 0.3 is 0 Å². The van der Waals surface area contributed by atoms with E-state index < -0.39 is 0 Å². The van der Waals surface area contributed by atoms with E-state index in [1.807, 2.05) is 42.6 Å². The number of nitrogens with one attached hydrogen (secondary N) is 1. The maximum Gasteiger partial charge on any atom is 0.0587 e. The largest absolute Gasteiger partial charge is 0.395 e. The molecule has 2 aromatic rings. The van der Waals surface area contributed by atoms with Crippen LogP contribution in [0.5, 0.6) is 0 Å². The van der Waals surface area contributed by atoms with Crippen molar-refractivity contribution >= 4 is 0 Å². The van der Waals surface area contributed by atoms with Gasteiger partial charge in [-0.15, -0.1) is 0 Å². The van der Waals surface area contributed by atoms with Crippen LogP contribution in [0.3, 0.4) is 0 Å². The van der Waals surface area contributed by atoms with Crippen LogP contribution < -0.4 is 5.32 Å². The van der Waals surface area contributed by atoms with E-state index >= 15 is 0 Å². The van der Waals surface area contributed by atoms with Gasteiger partial charge in [0.1, 0.15) is 0 Å². The highest BCUT2D eigenvalue weighted by Gasteiger charge is 2.07. The van der Waals surface area contributed by atoms with Crippen molar-refractivity contribution in [2.45, 2.75) is 18.9 Å². The minimum atomic E-state index is 0.103. The van der Waals surface area contributed by atoms with Crippen LogP contribution in [-0.4, -0.2) is 29.3 Å².